The van der Waals surface area contributed by atoms with Crippen molar-refractivity contribution in [1.82, 2.24) is 4.98 Å². The fourth-order valence-electron chi connectivity index (χ4n) is 6.30. The number of furan rings is 1. The topological polar surface area (TPSA) is 53.0 Å². The van der Waals surface area contributed by atoms with E-state index in [-0.39, 0.29) is 5.75 Å². The van der Waals surface area contributed by atoms with Crippen LogP contribution in [0.4, 0.5) is 0 Å². The maximum atomic E-state index is 11.3. The Morgan fingerprint density at radius 1 is 0.667 bits per heavy atom. The van der Waals surface area contributed by atoms with Crippen molar-refractivity contribution in [2.75, 3.05) is 0 Å². The van der Waals surface area contributed by atoms with Crippen LogP contribution in [0.2, 0.25) is 0 Å². The van der Waals surface area contributed by atoms with Crippen LogP contribution in [0.15, 0.2) is 108 Å². The van der Waals surface area contributed by atoms with Gasteiger partial charge in [-0.05, 0) is 52.9 Å². The zero-order valence-electron chi connectivity index (χ0n) is 21.6. The highest BCUT2D eigenvalue weighted by atomic mass is 16.3. The third-order valence-corrected chi connectivity index (χ3v) is 8.18. The molecule has 7 aromatic rings. The summed E-state index contributed by atoms with van der Waals surface area (Å²) in [4.78, 5) is 3.57. The Morgan fingerprint density at radius 3 is 1.87 bits per heavy atom. The number of imidazole rings is 1. The molecule has 39 heavy (non-hydrogen) atoms. The summed E-state index contributed by atoms with van der Waals surface area (Å²) >= 11 is 0. The standard InChI is InChI=1S/C35H24N2O2/c1-20-30(38)19-27(35-36-28-17-9-10-18-29(28)37(35)2)34-31(20)32-25-15-7-5-13-23(25)21-11-3-4-12-22(21)24-14-6-8-16-26(24)33(32)39-34/h3-19,38H,1-2H3/p+1. The molecule has 2 N–H and O–H groups in total. The number of H-pyrrole nitrogens is 1. The van der Waals surface area contributed by atoms with Gasteiger partial charge in [0, 0.05) is 22.1 Å². The SMILES string of the molecule is Cc1c(O)cc(-c2[nH]c3ccccc3[n+]2C)c2oc3c(c12)-c1ccccc1-c1ccccc1-c1ccccc1-3. The highest BCUT2D eigenvalue weighted by Crippen LogP contribution is 2.53. The Balaban J connectivity index is 1.57. The van der Waals surface area contributed by atoms with E-state index in [0.29, 0.717) is 0 Å². The van der Waals surface area contributed by atoms with Gasteiger partial charge in [-0.1, -0.05) is 84.9 Å². The third-order valence-electron chi connectivity index (χ3n) is 8.18. The van der Waals surface area contributed by atoms with Crippen LogP contribution in [0.1, 0.15) is 5.56 Å². The third kappa shape index (κ3) is 2.97. The van der Waals surface area contributed by atoms with E-state index >= 15 is 0 Å². The smallest absolute Gasteiger partial charge is 0.291 e. The number of fused-ring (bicyclic) bond motifs is 11. The quantitative estimate of drug-likeness (QED) is 0.220. The summed E-state index contributed by atoms with van der Waals surface area (Å²) in [6.07, 6.45) is 0. The summed E-state index contributed by atoms with van der Waals surface area (Å²) in [6, 6.07) is 35.6. The van der Waals surface area contributed by atoms with Gasteiger partial charge in [-0.25, -0.2) is 9.55 Å². The molecule has 4 nitrogen and oxygen atoms in total. The molecule has 2 heterocycles. The van der Waals surface area contributed by atoms with Gasteiger partial charge in [0.2, 0.25) is 0 Å². The molecule has 1 aliphatic carbocycles. The van der Waals surface area contributed by atoms with E-state index in [1.54, 1.807) is 0 Å². The maximum Gasteiger partial charge on any atom is 0.291 e. The van der Waals surface area contributed by atoms with Crippen LogP contribution in [0.5, 0.6) is 5.75 Å². The average Bonchev–Trinajstić information content (AvgIpc) is 3.53. The van der Waals surface area contributed by atoms with E-state index in [1.165, 1.54) is 11.1 Å². The van der Waals surface area contributed by atoms with Gasteiger partial charge in [0.15, 0.2) is 16.6 Å². The van der Waals surface area contributed by atoms with Crippen molar-refractivity contribution < 1.29 is 14.1 Å². The number of aryl methyl sites for hydroxylation is 2. The van der Waals surface area contributed by atoms with Gasteiger partial charge in [0.1, 0.15) is 17.1 Å². The number of nitrogens with one attached hydrogen (secondary N) is 1. The maximum absolute atomic E-state index is 11.3. The van der Waals surface area contributed by atoms with E-state index in [2.05, 4.69) is 94.5 Å². The molecule has 0 bridgehead atoms. The van der Waals surface area contributed by atoms with Gasteiger partial charge in [0.05, 0.1) is 7.05 Å². The normalized spacial score (nSPS) is 11.9. The molecule has 0 radical (unpaired) electrons. The lowest BCUT2D eigenvalue weighted by Crippen LogP contribution is -2.29. The minimum absolute atomic E-state index is 0.244. The van der Waals surface area contributed by atoms with Crippen LogP contribution in [0.3, 0.4) is 0 Å². The molecule has 0 spiro atoms. The molecule has 0 amide bonds. The molecule has 0 unspecified atom stereocenters. The number of hydrogen-bond donors (Lipinski definition) is 2. The molecule has 0 atom stereocenters. The Hall–Kier alpha value is -5.09. The number of phenols is 1. The van der Waals surface area contributed by atoms with E-state index in [0.717, 1.165) is 72.5 Å². The number of para-hydroxylation sites is 2. The first-order valence-corrected chi connectivity index (χ1v) is 13.2. The first-order valence-electron chi connectivity index (χ1n) is 13.2. The minimum Gasteiger partial charge on any atom is -0.508 e. The van der Waals surface area contributed by atoms with Crippen molar-refractivity contribution >= 4 is 22.0 Å². The Bertz CT molecular complexity index is 2110. The highest BCUT2D eigenvalue weighted by Gasteiger charge is 2.31. The molecule has 8 rings (SSSR count). The van der Waals surface area contributed by atoms with Crippen molar-refractivity contribution in [2.45, 2.75) is 6.92 Å². The minimum atomic E-state index is 0.244. The number of aromatic hydroxyl groups is 1. The van der Waals surface area contributed by atoms with Crippen molar-refractivity contribution in [3.63, 3.8) is 0 Å². The van der Waals surface area contributed by atoms with Gasteiger partial charge in [-0.15, -0.1) is 0 Å². The summed E-state index contributed by atoms with van der Waals surface area (Å²) in [5.41, 5.74) is 12.3. The summed E-state index contributed by atoms with van der Waals surface area (Å²) in [5, 5.41) is 12.2. The van der Waals surface area contributed by atoms with Crippen LogP contribution < -0.4 is 4.57 Å². The molecular formula is C35H25N2O2+. The molecule has 5 aromatic carbocycles. The van der Waals surface area contributed by atoms with Gasteiger partial charge < -0.3 is 9.52 Å². The summed E-state index contributed by atoms with van der Waals surface area (Å²) in [5.74, 6) is 1.94. The van der Waals surface area contributed by atoms with Crippen molar-refractivity contribution in [3.05, 3.63) is 109 Å². The van der Waals surface area contributed by atoms with Crippen molar-refractivity contribution in [2.24, 2.45) is 7.05 Å². The monoisotopic (exact) mass is 505 g/mol. The predicted octanol–water partition coefficient (Wildman–Crippen LogP) is 8.40. The molecule has 2 aromatic heterocycles. The number of benzene rings is 5. The van der Waals surface area contributed by atoms with Crippen molar-refractivity contribution in [3.8, 4) is 61.8 Å². The molecule has 1 aliphatic rings. The van der Waals surface area contributed by atoms with Gasteiger partial charge in [-0.3, -0.25) is 0 Å². The number of rotatable bonds is 1. The fraction of sp³-hybridized carbons (Fsp3) is 0.0571. The summed E-state index contributed by atoms with van der Waals surface area (Å²) < 4.78 is 9.07. The zero-order chi connectivity index (χ0) is 26.2. The molecule has 0 saturated carbocycles. The first kappa shape index (κ1) is 21.9. The molecule has 0 saturated heterocycles. The molecule has 186 valence electrons. The molecule has 0 aliphatic heterocycles. The first-order chi connectivity index (χ1) is 19.1. The summed E-state index contributed by atoms with van der Waals surface area (Å²) in [7, 11) is 2.04. The largest absolute Gasteiger partial charge is 0.508 e. The van der Waals surface area contributed by atoms with Crippen LogP contribution in [-0.4, -0.2) is 10.1 Å². The highest BCUT2D eigenvalue weighted by molar-refractivity contribution is 6.14. The fourth-order valence-corrected chi connectivity index (χ4v) is 6.30. The Kier molecular flexibility index (Phi) is 4.48. The lowest BCUT2D eigenvalue weighted by atomic mass is 9.82. The van der Waals surface area contributed by atoms with Gasteiger partial charge in [0.25, 0.3) is 5.82 Å². The molecular weight excluding hydrogens is 480 g/mol. The molecule has 4 heteroatoms. The Labute approximate surface area is 225 Å². The van der Waals surface area contributed by atoms with Crippen LogP contribution >= 0.6 is 0 Å². The molecule has 0 fully saturated rings. The van der Waals surface area contributed by atoms with Gasteiger partial charge in [-0.2, -0.15) is 0 Å². The Morgan fingerprint density at radius 2 is 1.21 bits per heavy atom. The number of hydrogen-bond acceptors (Lipinski definition) is 2. The zero-order valence-corrected chi connectivity index (χ0v) is 21.6. The average molecular weight is 506 g/mol. The van der Waals surface area contributed by atoms with Crippen LogP contribution in [-0.2, 0) is 7.05 Å². The number of phenolic OH excluding ortho intramolecular Hbond substituents is 1. The lowest BCUT2D eigenvalue weighted by molar-refractivity contribution is -0.633. The second-order valence-corrected chi connectivity index (χ2v) is 10.3. The predicted molar refractivity (Wildman–Crippen MR) is 156 cm³/mol. The van der Waals surface area contributed by atoms with Crippen LogP contribution in [0, 0.1) is 6.92 Å². The summed E-state index contributed by atoms with van der Waals surface area (Å²) in [6.45, 7) is 1.98. The second kappa shape index (κ2) is 7.95. The second-order valence-electron chi connectivity index (χ2n) is 10.3. The van der Waals surface area contributed by atoms with E-state index in [4.69, 9.17) is 4.42 Å². The number of aromatic amines is 1. The van der Waals surface area contributed by atoms with E-state index < -0.39 is 0 Å². The number of aromatic nitrogens is 2. The lowest BCUT2D eigenvalue weighted by Gasteiger charge is -2.20. The van der Waals surface area contributed by atoms with E-state index in [9.17, 15) is 5.11 Å². The van der Waals surface area contributed by atoms with Crippen LogP contribution in [0.25, 0.3) is 78.1 Å². The number of nitrogens with zero attached hydrogens (tertiary/aromatic N) is 1. The van der Waals surface area contributed by atoms with Crippen molar-refractivity contribution in [1.29, 1.82) is 0 Å². The van der Waals surface area contributed by atoms with E-state index in [1.807, 2.05) is 32.2 Å². The van der Waals surface area contributed by atoms with Gasteiger partial charge >= 0.3 is 0 Å².